The molecule has 142 valence electrons. The van der Waals surface area contributed by atoms with Crippen LogP contribution in [0.15, 0.2) is 53.4 Å². The van der Waals surface area contributed by atoms with Crippen molar-refractivity contribution in [3.05, 3.63) is 64.2 Å². The van der Waals surface area contributed by atoms with Gasteiger partial charge >= 0.3 is 5.97 Å². The molecular formula is C19H20N2O5S. The zero-order valence-electron chi connectivity index (χ0n) is 15.1. The normalized spacial score (nSPS) is 12.3. The van der Waals surface area contributed by atoms with Crippen LogP contribution in [0.4, 0.5) is 11.4 Å². The zero-order chi connectivity index (χ0) is 20.2. The third-order valence-corrected chi connectivity index (χ3v) is 5.25. The maximum absolute atomic E-state index is 12.3. The van der Waals surface area contributed by atoms with Crippen LogP contribution in [-0.2, 0) is 15.0 Å². The van der Waals surface area contributed by atoms with E-state index >= 15 is 0 Å². The van der Waals surface area contributed by atoms with E-state index in [-0.39, 0.29) is 11.6 Å². The molecule has 0 spiro atoms. The van der Waals surface area contributed by atoms with Gasteiger partial charge in [0.15, 0.2) is 0 Å². The lowest BCUT2D eigenvalue weighted by molar-refractivity contribution is -0.384. The standard InChI is InChI=1S/C19H20N2O5S/c1-12(27-16-10-8-15(9-11-16)21(25)26)17(22)20-14-6-4-13(5-7-14)19(2,3)18(23)24/h4-12H,1-3H3,(H,20,22)(H,23,24). The van der Waals surface area contributed by atoms with Crippen molar-refractivity contribution in [2.75, 3.05) is 5.32 Å². The first kappa shape index (κ1) is 20.4. The summed E-state index contributed by atoms with van der Waals surface area (Å²) < 4.78 is 0. The van der Waals surface area contributed by atoms with Crippen molar-refractivity contribution in [3.63, 3.8) is 0 Å². The number of hydrogen-bond acceptors (Lipinski definition) is 5. The van der Waals surface area contributed by atoms with Gasteiger partial charge in [-0.1, -0.05) is 12.1 Å². The lowest BCUT2D eigenvalue weighted by atomic mass is 9.85. The minimum absolute atomic E-state index is 0.000768. The molecule has 0 heterocycles. The highest BCUT2D eigenvalue weighted by Gasteiger charge is 2.29. The largest absolute Gasteiger partial charge is 0.481 e. The predicted molar refractivity (Wildman–Crippen MR) is 104 cm³/mol. The third-order valence-electron chi connectivity index (χ3n) is 4.14. The van der Waals surface area contributed by atoms with Crippen molar-refractivity contribution in [2.45, 2.75) is 36.3 Å². The molecule has 0 aliphatic rings. The molecule has 1 atom stereocenters. The van der Waals surface area contributed by atoms with E-state index in [2.05, 4.69) is 5.32 Å². The fourth-order valence-corrected chi connectivity index (χ4v) is 3.11. The fraction of sp³-hybridized carbons (Fsp3) is 0.263. The van der Waals surface area contributed by atoms with Crippen molar-refractivity contribution in [3.8, 4) is 0 Å². The number of hydrogen-bond donors (Lipinski definition) is 2. The lowest BCUT2D eigenvalue weighted by Crippen LogP contribution is -2.28. The molecule has 27 heavy (non-hydrogen) atoms. The van der Waals surface area contributed by atoms with Crippen LogP contribution >= 0.6 is 11.8 Å². The van der Waals surface area contributed by atoms with E-state index in [1.807, 2.05) is 0 Å². The molecule has 0 saturated heterocycles. The van der Waals surface area contributed by atoms with Crippen LogP contribution in [0.5, 0.6) is 0 Å². The number of nitrogens with zero attached hydrogens (tertiary/aromatic N) is 1. The molecule has 2 rings (SSSR count). The Morgan fingerprint density at radius 1 is 1.11 bits per heavy atom. The summed E-state index contributed by atoms with van der Waals surface area (Å²) in [6.07, 6.45) is 0. The maximum Gasteiger partial charge on any atom is 0.313 e. The molecule has 0 aromatic heterocycles. The van der Waals surface area contributed by atoms with Gasteiger partial charge in [0.05, 0.1) is 15.6 Å². The summed E-state index contributed by atoms with van der Waals surface area (Å²) in [5.74, 6) is -1.14. The number of nitro groups is 1. The number of carbonyl (C=O) groups is 2. The number of carboxylic acids is 1. The zero-order valence-corrected chi connectivity index (χ0v) is 15.9. The smallest absolute Gasteiger partial charge is 0.313 e. The summed E-state index contributed by atoms with van der Waals surface area (Å²) in [4.78, 5) is 34.6. The number of aliphatic carboxylic acids is 1. The molecule has 2 N–H and O–H groups in total. The van der Waals surface area contributed by atoms with Crippen molar-refractivity contribution in [2.24, 2.45) is 0 Å². The SMILES string of the molecule is CC(Sc1ccc([N+](=O)[O-])cc1)C(=O)Nc1ccc(C(C)(C)C(=O)O)cc1. The van der Waals surface area contributed by atoms with Crippen LogP contribution in [0.2, 0.25) is 0 Å². The molecule has 0 radical (unpaired) electrons. The van der Waals surface area contributed by atoms with E-state index in [9.17, 15) is 24.8 Å². The summed E-state index contributed by atoms with van der Waals surface area (Å²) >= 11 is 1.29. The highest BCUT2D eigenvalue weighted by atomic mass is 32.2. The molecule has 0 aliphatic heterocycles. The lowest BCUT2D eigenvalue weighted by Gasteiger charge is -2.20. The van der Waals surface area contributed by atoms with Crippen LogP contribution in [0, 0.1) is 10.1 Å². The van der Waals surface area contributed by atoms with Gasteiger partial charge in [-0.3, -0.25) is 19.7 Å². The van der Waals surface area contributed by atoms with Crippen LogP contribution in [-0.4, -0.2) is 27.2 Å². The Kier molecular flexibility index (Phi) is 6.22. The molecular weight excluding hydrogens is 368 g/mol. The molecule has 2 aromatic rings. The number of carbonyl (C=O) groups excluding carboxylic acids is 1. The van der Waals surface area contributed by atoms with Gasteiger partial charge in [-0.25, -0.2) is 0 Å². The van der Waals surface area contributed by atoms with E-state index in [1.54, 1.807) is 57.2 Å². The average Bonchev–Trinajstić information content (AvgIpc) is 2.62. The third kappa shape index (κ3) is 5.07. The van der Waals surface area contributed by atoms with Gasteiger partial charge in [0, 0.05) is 22.7 Å². The summed E-state index contributed by atoms with van der Waals surface area (Å²) in [6, 6.07) is 12.7. The van der Waals surface area contributed by atoms with Crippen LogP contribution in [0.3, 0.4) is 0 Å². The minimum atomic E-state index is -1.01. The maximum atomic E-state index is 12.3. The average molecular weight is 388 g/mol. The van der Waals surface area contributed by atoms with Gasteiger partial charge < -0.3 is 10.4 Å². The Labute approximate surface area is 160 Å². The monoisotopic (exact) mass is 388 g/mol. The van der Waals surface area contributed by atoms with Gasteiger partial charge in [-0.05, 0) is 50.6 Å². The Hall–Kier alpha value is -2.87. The van der Waals surface area contributed by atoms with E-state index < -0.39 is 21.6 Å². The van der Waals surface area contributed by atoms with Crippen LogP contribution in [0.25, 0.3) is 0 Å². The second-order valence-electron chi connectivity index (χ2n) is 6.51. The first-order valence-electron chi connectivity index (χ1n) is 8.17. The van der Waals surface area contributed by atoms with Gasteiger partial charge in [0.1, 0.15) is 0 Å². The number of benzene rings is 2. The van der Waals surface area contributed by atoms with E-state index in [0.29, 0.717) is 11.3 Å². The second-order valence-corrected chi connectivity index (χ2v) is 7.92. The quantitative estimate of drug-likeness (QED) is 0.420. The number of amides is 1. The molecule has 2 aromatic carbocycles. The Morgan fingerprint density at radius 2 is 1.67 bits per heavy atom. The van der Waals surface area contributed by atoms with Crippen LogP contribution in [0.1, 0.15) is 26.3 Å². The Morgan fingerprint density at radius 3 is 2.15 bits per heavy atom. The van der Waals surface area contributed by atoms with E-state index in [0.717, 1.165) is 4.90 Å². The van der Waals surface area contributed by atoms with Crippen molar-refractivity contribution in [1.82, 2.24) is 0 Å². The second kappa shape index (κ2) is 8.22. The van der Waals surface area contributed by atoms with Gasteiger partial charge in [-0.2, -0.15) is 0 Å². The van der Waals surface area contributed by atoms with Crippen LogP contribution < -0.4 is 5.32 Å². The molecule has 8 heteroatoms. The van der Waals surface area contributed by atoms with Crippen molar-refractivity contribution >= 4 is 35.0 Å². The van der Waals surface area contributed by atoms with E-state index in [1.165, 1.54) is 23.9 Å². The molecule has 0 aliphatic carbocycles. The summed E-state index contributed by atoms with van der Waals surface area (Å²) in [7, 11) is 0. The van der Waals surface area contributed by atoms with Gasteiger partial charge in [0.2, 0.25) is 5.91 Å². The molecule has 0 bridgehead atoms. The summed E-state index contributed by atoms with van der Waals surface area (Å²) in [6.45, 7) is 4.97. The number of anilines is 1. The number of non-ortho nitro benzene ring substituents is 1. The minimum Gasteiger partial charge on any atom is -0.481 e. The van der Waals surface area contributed by atoms with Gasteiger partial charge in [-0.15, -0.1) is 11.8 Å². The predicted octanol–water partition coefficient (Wildman–Crippen LogP) is 4.08. The van der Waals surface area contributed by atoms with Gasteiger partial charge in [0.25, 0.3) is 5.69 Å². The molecule has 0 saturated carbocycles. The number of nitrogens with one attached hydrogen (secondary N) is 1. The number of carboxylic acid groups (broad SMARTS) is 1. The highest BCUT2D eigenvalue weighted by molar-refractivity contribution is 8.00. The summed E-state index contributed by atoms with van der Waals surface area (Å²) in [5.41, 5.74) is 0.199. The van der Waals surface area contributed by atoms with Crippen molar-refractivity contribution in [1.29, 1.82) is 0 Å². The highest BCUT2D eigenvalue weighted by Crippen LogP contribution is 2.27. The summed E-state index contributed by atoms with van der Waals surface area (Å²) in [5, 5.41) is 22.3. The molecule has 7 nitrogen and oxygen atoms in total. The van der Waals surface area contributed by atoms with E-state index in [4.69, 9.17) is 0 Å². The topological polar surface area (TPSA) is 110 Å². The molecule has 1 amide bonds. The molecule has 0 fully saturated rings. The first-order chi connectivity index (χ1) is 12.6. The number of nitro benzene ring substituents is 1. The Balaban J connectivity index is 1.99. The molecule has 1 unspecified atom stereocenters. The fourth-order valence-electron chi connectivity index (χ4n) is 2.24. The van der Waals surface area contributed by atoms with Crippen molar-refractivity contribution < 1.29 is 19.6 Å². The number of thioether (sulfide) groups is 1. The first-order valence-corrected chi connectivity index (χ1v) is 9.05. The number of rotatable bonds is 7. The Bertz CT molecular complexity index is 847.